The lowest BCUT2D eigenvalue weighted by Gasteiger charge is -2.10. The van der Waals surface area contributed by atoms with Gasteiger partial charge in [-0.1, -0.05) is 0 Å². The number of hydrogen-bond donors (Lipinski definition) is 1. The van der Waals surface area contributed by atoms with Gasteiger partial charge in [0, 0.05) is 12.8 Å². The Morgan fingerprint density at radius 1 is 1.65 bits per heavy atom. The number of anilines is 1. The Kier molecular flexibility index (Phi) is 4.61. The summed E-state index contributed by atoms with van der Waals surface area (Å²) in [5.74, 6) is -0.531. The molecule has 8 nitrogen and oxygen atoms in total. The van der Waals surface area contributed by atoms with Gasteiger partial charge in [-0.05, 0) is 12.8 Å². The second-order valence-corrected chi connectivity index (χ2v) is 6.29. The van der Waals surface area contributed by atoms with Crippen LogP contribution in [-0.2, 0) is 30.8 Å². The van der Waals surface area contributed by atoms with Gasteiger partial charge >= 0.3 is 5.97 Å². The molecule has 1 aromatic heterocycles. The highest BCUT2D eigenvalue weighted by Crippen LogP contribution is 2.16. The predicted molar refractivity (Wildman–Crippen MR) is 70.6 cm³/mol. The fourth-order valence-corrected chi connectivity index (χ4v) is 3.24. The molecule has 1 N–H and O–H groups in total. The zero-order valence-electron chi connectivity index (χ0n) is 11.1. The molecule has 1 unspecified atom stereocenters. The van der Waals surface area contributed by atoms with Gasteiger partial charge in [0.15, 0.2) is 0 Å². The summed E-state index contributed by atoms with van der Waals surface area (Å²) in [4.78, 5) is 11.1. The van der Waals surface area contributed by atoms with Crippen LogP contribution < -0.4 is 4.72 Å². The molecule has 20 heavy (non-hydrogen) atoms. The van der Waals surface area contributed by atoms with Crippen LogP contribution in [0.4, 0.5) is 5.69 Å². The minimum absolute atomic E-state index is 0.0655. The number of sulfonamides is 1. The topological polar surface area (TPSA) is 99.5 Å². The molecule has 0 amide bonds. The molecule has 0 saturated carbocycles. The molecule has 0 spiro atoms. The highest BCUT2D eigenvalue weighted by Gasteiger charge is 2.23. The van der Waals surface area contributed by atoms with Crippen LogP contribution >= 0.6 is 0 Å². The van der Waals surface area contributed by atoms with Crippen molar-refractivity contribution in [1.82, 2.24) is 9.78 Å². The average Bonchev–Trinajstić information content (AvgIpc) is 3.00. The molecular weight excluding hydrogens is 286 g/mol. The third-order valence-corrected chi connectivity index (χ3v) is 4.21. The first-order chi connectivity index (χ1) is 9.48. The van der Waals surface area contributed by atoms with Crippen molar-refractivity contribution in [2.45, 2.75) is 25.5 Å². The Balaban J connectivity index is 1.93. The van der Waals surface area contributed by atoms with E-state index in [1.807, 2.05) is 0 Å². The van der Waals surface area contributed by atoms with Crippen LogP contribution in [-0.4, -0.2) is 49.7 Å². The molecule has 1 aliphatic rings. The fraction of sp³-hybridized carbons (Fsp3) is 0.636. The van der Waals surface area contributed by atoms with Crippen LogP contribution in [0.15, 0.2) is 12.4 Å². The quantitative estimate of drug-likeness (QED) is 0.741. The molecule has 0 radical (unpaired) electrons. The van der Waals surface area contributed by atoms with E-state index in [1.165, 1.54) is 24.2 Å². The van der Waals surface area contributed by atoms with Gasteiger partial charge in [0.1, 0.15) is 6.54 Å². The van der Waals surface area contributed by atoms with E-state index in [-0.39, 0.29) is 18.4 Å². The van der Waals surface area contributed by atoms with Gasteiger partial charge in [0.25, 0.3) is 0 Å². The third-order valence-electron chi connectivity index (χ3n) is 2.85. The summed E-state index contributed by atoms with van der Waals surface area (Å²) in [6, 6.07) is 0. The summed E-state index contributed by atoms with van der Waals surface area (Å²) >= 11 is 0. The van der Waals surface area contributed by atoms with Crippen molar-refractivity contribution in [3.63, 3.8) is 0 Å². The Labute approximate surface area is 117 Å². The van der Waals surface area contributed by atoms with Crippen molar-refractivity contribution in [3.8, 4) is 0 Å². The van der Waals surface area contributed by atoms with Gasteiger partial charge in [-0.25, -0.2) is 8.42 Å². The van der Waals surface area contributed by atoms with E-state index >= 15 is 0 Å². The minimum Gasteiger partial charge on any atom is -0.468 e. The van der Waals surface area contributed by atoms with Gasteiger partial charge in [-0.3, -0.25) is 14.2 Å². The fourth-order valence-electron chi connectivity index (χ4n) is 1.94. The lowest BCUT2D eigenvalue weighted by Crippen LogP contribution is -2.25. The van der Waals surface area contributed by atoms with E-state index in [2.05, 4.69) is 14.6 Å². The molecule has 9 heteroatoms. The summed E-state index contributed by atoms with van der Waals surface area (Å²) in [5, 5.41) is 3.88. The van der Waals surface area contributed by atoms with Crippen LogP contribution in [0.3, 0.4) is 0 Å². The molecule has 0 bridgehead atoms. The average molecular weight is 303 g/mol. The van der Waals surface area contributed by atoms with Gasteiger partial charge in [-0.15, -0.1) is 0 Å². The maximum Gasteiger partial charge on any atom is 0.327 e. The predicted octanol–water partition coefficient (Wildman–Crippen LogP) is -0.0232. The maximum absolute atomic E-state index is 11.9. The van der Waals surface area contributed by atoms with Gasteiger partial charge in [-0.2, -0.15) is 5.10 Å². The lowest BCUT2D eigenvalue weighted by atomic mass is 10.3. The van der Waals surface area contributed by atoms with Crippen LogP contribution in [0.5, 0.6) is 0 Å². The monoisotopic (exact) mass is 303 g/mol. The van der Waals surface area contributed by atoms with E-state index in [9.17, 15) is 13.2 Å². The molecule has 0 aromatic carbocycles. The van der Waals surface area contributed by atoms with Crippen LogP contribution in [0.2, 0.25) is 0 Å². The van der Waals surface area contributed by atoms with Gasteiger partial charge in [0.05, 0.1) is 30.9 Å². The molecule has 112 valence electrons. The van der Waals surface area contributed by atoms with Crippen molar-refractivity contribution in [1.29, 1.82) is 0 Å². The number of ether oxygens (including phenoxy) is 2. The molecule has 2 rings (SSSR count). The Hall–Kier alpha value is -1.61. The minimum atomic E-state index is -3.48. The van der Waals surface area contributed by atoms with Crippen LogP contribution in [0.1, 0.15) is 12.8 Å². The largest absolute Gasteiger partial charge is 0.468 e. The number of rotatable bonds is 6. The molecule has 1 atom stereocenters. The Morgan fingerprint density at radius 3 is 3.10 bits per heavy atom. The van der Waals surface area contributed by atoms with Crippen molar-refractivity contribution >= 4 is 21.7 Å². The number of carbonyl (C=O) groups excluding carboxylic acids is 1. The zero-order chi connectivity index (χ0) is 14.6. The molecule has 1 saturated heterocycles. The number of methoxy groups -OCH3 is 1. The SMILES string of the molecule is COC(=O)Cn1cc(NS(=O)(=O)CC2CCCO2)cn1. The first kappa shape index (κ1) is 14.8. The van der Waals surface area contributed by atoms with Crippen LogP contribution in [0.25, 0.3) is 0 Å². The van der Waals surface area contributed by atoms with E-state index in [0.29, 0.717) is 12.3 Å². The number of carbonyl (C=O) groups is 1. The van der Waals surface area contributed by atoms with Crippen LogP contribution in [0, 0.1) is 0 Å². The second-order valence-electron chi connectivity index (χ2n) is 4.52. The highest BCUT2D eigenvalue weighted by atomic mass is 32.2. The molecular formula is C11H17N3O5S. The second kappa shape index (κ2) is 6.23. The van der Waals surface area contributed by atoms with E-state index in [4.69, 9.17) is 4.74 Å². The smallest absolute Gasteiger partial charge is 0.327 e. The van der Waals surface area contributed by atoms with Gasteiger partial charge < -0.3 is 9.47 Å². The molecule has 1 aliphatic heterocycles. The Bertz CT molecular complexity index is 562. The summed E-state index contributed by atoms with van der Waals surface area (Å²) in [7, 11) is -2.21. The molecule has 1 fully saturated rings. The summed E-state index contributed by atoms with van der Waals surface area (Å²) in [6.45, 7) is 0.543. The first-order valence-electron chi connectivity index (χ1n) is 6.20. The molecule has 1 aromatic rings. The normalized spacial score (nSPS) is 18.9. The van der Waals surface area contributed by atoms with Crippen molar-refractivity contribution in [2.75, 3.05) is 24.2 Å². The molecule has 2 heterocycles. The number of aromatic nitrogens is 2. The highest BCUT2D eigenvalue weighted by molar-refractivity contribution is 7.92. The third kappa shape index (κ3) is 4.20. The lowest BCUT2D eigenvalue weighted by molar-refractivity contribution is -0.141. The standard InChI is InChI=1S/C11H17N3O5S/c1-18-11(15)7-14-6-9(5-12-14)13-20(16,17)8-10-3-2-4-19-10/h5-6,10,13H,2-4,7-8H2,1H3. The van der Waals surface area contributed by atoms with Crippen molar-refractivity contribution in [3.05, 3.63) is 12.4 Å². The zero-order valence-corrected chi connectivity index (χ0v) is 11.9. The molecule has 0 aliphatic carbocycles. The van der Waals surface area contributed by atoms with E-state index < -0.39 is 16.0 Å². The van der Waals surface area contributed by atoms with Crippen molar-refractivity contribution < 1.29 is 22.7 Å². The van der Waals surface area contributed by atoms with Crippen molar-refractivity contribution in [2.24, 2.45) is 0 Å². The number of nitrogens with zero attached hydrogens (tertiary/aromatic N) is 2. The van der Waals surface area contributed by atoms with E-state index in [0.717, 1.165) is 12.8 Å². The summed E-state index contributed by atoms with van der Waals surface area (Å²) in [5.41, 5.74) is 0.312. The first-order valence-corrected chi connectivity index (χ1v) is 7.85. The summed E-state index contributed by atoms with van der Waals surface area (Å²) in [6.07, 6.45) is 4.16. The number of esters is 1. The summed E-state index contributed by atoms with van der Waals surface area (Å²) < 4.78 is 37.4. The number of hydrogen-bond acceptors (Lipinski definition) is 6. The van der Waals surface area contributed by atoms with E-state index in [1.54, 1.807) is 0 Å². The van der Waals surface area contributed by atoms with Gasteiger partial charge in [0.2, 0.25) is 10.0 Å². The number of nitrogens with one attached hydrogen (secondary N) is 1. The maximum atomic E-state index is 11.9. The Morgan fingerprint density at radius 2 is 2.45 bits per heavy atom.